The van der Waals surface area contributed by atoms with Gasteiger partial charge in [0.05, 0.1) is 6.04 Å². The van der Waals surface area contributed by atoms with Crippen molar-refractivity contribution < 1.29 is 0 Å². The predicted molar refractivity (Wildman–Crippen MR) is 80.4 cm³/mol. The molecule has 1 aromatic heterocycles. The Morgan fingerprint density at radius 1 is 1.40 bits per heavy atom. The normalized spacial score (nSPS) is 12.9. The number of nitrogens with one attached hydrogen (secondary N) is 1. The van der Waals surface area contributed by atoms with Crippen molar-refractivity contribution >= 4 is 11.6 Å². The zero-order valence-electron chi connectivity index (χ0n) is 12.0. The maximum atomic E-state index is 6.37. The van der Waals surface area contributed by atoms with Gasteiger partial charge in [-0.15, -0.1) is 0 Å². The molecule has 0 aliphatic rings. The number of nitrogens with two attached hydrogens (primary N) is 1. The number of rotatable bonds is 5. The van der Waals surface area contributed by atoms with E-state index in [1.165, 1.54) is 0 Å². The topological polar surface area (TPSA) is 68.8 Å². The molecule has 0 fully saturated rings. The van der Waals surface area contributed by atoms with E-state index < -0.39 is 0 Å². The van der Waals surface area contributed by atoms with Crippen molar-refractivity contribution in [3.8, 4) is 0 Å². The molecule has 3 N–H and O–H groups in total. The Labute approximate surface area is 124 Å². The van der Waals surface area contributed by atoms with Crippen molar-refractivity contribution in [2.45, 2.75) is 39.3 Å². The molecule has 1 unspecified atom stereocenters. The summed E-state index contributed by atoms with van der Waals surface area (Å²) in [5.41, 5.74) is 4.84. The standard InChI is InChI=1S/C14H20ClN5/c1-9(2)20-13(17-8-18-20)7-12(19-16)11-6-4-5-10(3)14(11)15/h4-6,8-9,12,19H,7,16H2,1-3H3. The Hall–Kier alpha value is -1.43. The Balaban J connectivity index is 2.29. The second-order valence-corrected chi connectivity index (χ2v) is 5.49. The molecular weight excluding hydrogens is 274 g/mol. The summed E-state index contributed by atoms with van der Waals surface area (Å²) in [6.07, 6.45) is 2.21. The van der Waals surface area contributed by atoms with Crippen molar-refractivity contribution in [1.29, 1.82) is 0 Å². The Bertz CT molecular complexity index is 579. The largest absolute Gasteiger partial charge is 0.271 e. The van der Waals surface area contributed by atoms with Crippen LogP contribution in [0.3, 0.4) is 0 Å². The lowest BCUT2D eigenvalue weighted by Gasteiger charge is -2.19. The number of hydrogen-bond acceptors (Lipinski definition) is 4. The zero-order valence-corrected chi connectivity index (χ0v) is 12.7. The highest BCUT2D eigenvalue weighted by Crippen LogP contribution is 2.27. The molecule has 2 rings (SSSR count). The molecule has 0 saturated carbocycles. The first-order valence-electron chi connectivity index (χ1n) is 6.64. The van der Waals surface area contributed by atoms with Crippen LogP contribution >= 0.6 is 11.6 Å². The lowest BCUT2D eigenvalue weighted by atomic mass is 10.0. The van der Waals surface area contributed by atoms with E-state index in [1.54, 1.807) is 6.33 Å². The van der Waals surface area contributed by atoms with Gasteiger partial charge in [0.2, 0.25) is 0 Å². The quantitative estimate of drug-likeness (QED) is 0.657. The van der Waals surface area contributed by atoms with Gasteiger partial charge < -0.3 is 0 Å². The number of nitrogens with zero attached hydrogens (tertiary/aromatic N) is 3. The van der Waals surface area contributed by atoms with Crippen molar-refractivity contribution in [1.82, 2.24) is 20.2 Å². The van der Waals surface area contributed by atoms with Crippen LogP contribution in [0.25, 0.3) is 0 Å². The molecule has 2 aromatic rings. The summed E-state index contributed by atoms with van der Waals surface area (Å²) in [5, 5.41) is 4.98. The summed E-state index contributed by atoms with van der Waals surface area (Å²) in [7, 11) is 0. The molecule has 108 valence electrons. The molecule has 1 atom stereocenters. The van der Waals surface area contributed by atoms with Gasteiger partial charge >= 0.3 is 0 Å². The molecule has 0 aliphatic heterocycles. The van der Waals surface area contributed by atoms with Crippen LogP contribution in [0, 0.1) is 6.92 Å². The van der Waals surface area contributed by atoms with Gasteiger partial charge in [-0.25, -0.2) is 9.67 Å². The summed E-state index contributed by atoms with van der Waals surface area (Å²) in [4.78, 5) is 4.32. The van der Waals surface area contributed by atoms with Gasteiger partial charge in [0.25, 0.3) is 0 Å². The lowest BCUT2D eigenvalue weighted by Crippen LogP contribution is -2.31. The lowest BCUT2D eigenvalue weighted by molar-refractivity contribution is 0.468. The highest BCUT2D eigenvalue weighted by atomic mass is 35.5. The average Bonchev–Trinajstić information content (AvgIpc) is 2.88. The Kier molecular flexibility index (Phi) is 4.75. The number of halogens is 1. The second-order valence-electron chi connectivity index (χ2n) is 5.12. The fraction of sp³-hybridized carbons (Fsp3) is 0.429. The number of aryl methyl sites for hydroxylation is 1. The van der Waals surface area contributed by atoms with E-state index in [4.69, 9.17) is 17.4 Å². The number of aromatic nitrogens is 3. The second kappa shape index (κ2) is 6.35. The van der Waals surface area contributed by atoms with Crippen molar-refractivity contribution in [2.24, 2.45) is 5.84 Å². The van der Waals surface area contributed by atoms with Crippen LogP contribution in [0.15, 0.2) is 24.5 Å². The molecule has 20 heavy (non-hydrogen) atoms. The number of benzene rings is 1. The molecule has 1 aromatic carbocycles. The van der Waals surface area contributed by atoms with Gasteiger partial charge in [-0.2, -0.15) is 5.10 Å². The molecule has 1 heterocycles. The summed E-state index contributed by atoms with van der Waals surface area (Å²) >= 11 is 6.37. The van der Waals surface area contributed by atoms with Crippen molar-refractivity contribution in [2.75, 3.05) is 0 Å². The van der Waals surface area contributed by atoms with Gasteiger partial charge in [-0.1, -0.05) is 29.8 Å². The zero-order chi connectivity index (χ0) is 14.7. The summed E-state index contributed by atoms with van der Waals surface area (Å²) in [6, 6.07) is 6.11. The van der Waals surface area contributed by atoms with Crippen molar-refractivity contribution in [3.63, 3.8) is 0 Å². The van der Waals surface area contributed by atoms with Gasteiger partial charge in [-0.05, 0) is 31.9 Å². The van der Waals surface area contributed by atoms with Crippen LogP contribution in [0.2, 0.25) is 5.02 Å². The fourth-order valence-electron chi connectivity index (χ4n) is 2.23. The fourth-order valence-corrected chi connectivity index (χ4v) is 2.49. The van der Waals surface area contributed by atoms with E-state index >= 15 is 0 Å². The third kappa shape index (κ3) is 3.00. The third-order valence-electron chi connectivity index (χ3n) is 3.32. The van der Waals surface area contributed by atoms with Gasteiger partial charge in [0.1, 0.15) is 12.2 Å². The molecule has 0 bridgehead atoms. The van der Waals surface area contributed by atoms with Crippen LogP contribution in [0.5, 0.6) is 0 Å². The molecule has 0 radical (unpaired) electrons. The van der Waals surface area contributed by atoms with Crippen LogP contribution in [-0.2, 0) is 6.42 Å². The first-order valence-corrected chi connectivity index (χ1v) is 7.02. The highest BCUT2D eigenvalue weighted by Gasteiger charge is 2.18. The Morgan fingerprint density at radius 3 is 2.80 bits per heavy atom. The molecule has 0 amide bonds. The molecular formula is C14H20ClN5. The molecule has 0 aliphatic carbocycles. The monoisotopic (exact) mass is 293 g/mol. The minimum Gasteiger partial charge on any atom is -0.271 e. The minimum atomic E-state index is -0.0934. The summed E-state index contributed by atoms with van der Waals surface area (Å²) in [5.74, 6) is 6.59. The van der Waals surface area contributed by atoms with E-state index in [1.807, 2.05) is 29.8 Å². The van der Waals surface area contributed by atoms with E-state index in [9.17, 15) is 0 Å². The highest BCUT2D eigenvalue weighted by molar-refractivity contribution is 6.32. The van der Waals surface area contributed by atoms with E-state index in [-0.39, 0.29) is 12.1 Å². The number of hydrazine groups is 1. The van der Waals surface area contributed by atoms with Gasteiger partial charge in [0.15, 0.2) is 0 Å². The molecule has 6 heteroatoms. The Morgan fingerprint density at radius 2 is 2.15 bits per heavy atom. The first-order chi connectivity index (χ1) is 9.54. The van der Waals surface area contributed by atoms with Crippen molar-refractivity contribution in [3.05, 3.63) is 46.5 Å². The van der Waals surface area contributed by atoms with Gasteiger partial charge in [-0.3, -0.25) is 11.3 Å². The smallest absolute Gasteiger partial charge is 0.138 e. The van der Waals surface area contributed by atoms with Crippen LogP contribution in [0.1, 0.15) is 42.9 Å². The first kappa shape index (κ1) is 15.0. The van der Waals surface area contributed by atoms with Crippen LogP contribution in [-0.4, -0.2) is 14.8 Å². The molecule has 0 saturated heterocycles. The molecule has 5 nitrogen and oxygen atoms in total. The predicted octanol–water partition coefficient (Wildman–Crippen LogP) is 2.57. The van der Waals surface area contributed by atoms with E-state index in [2.05, 4.69) is 29.4 Å². The summed E-state index contributed by atoms with van der Waals surface area (Å²) < 4.78 is 1.90. The summed E-state index contributed by atoms with van der Waals surface area (Å²) in [6.45, 7) is 6.13. The van der Waals surface area contributed by atoms with Crippen LogP contribution < -0.4 is 11.3 Å². The number of hydrogen-bond donors (Lipinski definition) is 2. The minimum absolute atomic E-state index is 0.0934. The third-order valence-corrected chi connectivity index (χ3v) is 3.84. The van der Waals surface area contributed by atoms with Gasteiger partial charge in [0, 0.05) is 17.5 Å². The average molecular weight is 294 g/mol. The SMILES string of the molecule is Cc1cccc(C(Cc2ncnn2C(C)C)NN)c1Cl. The maximum absolute atomic E-state index is 6.37. The van der Waals surface area contributed by atoms with Crippen LogP contribution in [0.4, 0.5) is 0 Å². The maximum Gasteiger partial charge on any atom is 0.138 e. The molecule has 0 spiro atoms. The van der Waals surface area contributed by atoms with E-state index in [0.29, 0.717) is 6.42 Å². The van der Waals surface area contributed by atoms with E-state index in [0.717, 1.165) is 22.0 Å².